The van der Waals surface area contributed by atoms with Crippen molar-refractivity contribution in [1.29, 1.82) is 0 Å². The van der Waals surface area contributed by atoms with Gasteiger partial charge in [0.15, 0.2) is 0 Å². The van der Waals surface area contributed by atoms with Gasteiger partial charge in [-0.05, 0) is 89.2 Å². The molecule has 6 heteroatoms. The minimum absolute atomic E-state index is 0.795. The van der Waals surface area contributed by atoms with Crippen molar-refractivity contribution in [3.63, 3.8) is 0 Å². The summed E-state index contributed by atoms with van der Waals surface area (Å²) in [5, 5.41) is 16.9. The van der Waals surface area contributed by atoms with Crippen molar-refractivity contribution >= 4 is 114 Å². The predicted molar refractivity (Wildman–Crippen MR) is 267 cm³/mol. The Morgan fingerprint density at radius 1 is 0.433 bits per heavy atom. The molecular formula is C54H46Cl4SiZr. The molecule has 10 rings (SSSR count). The Kier molecular flexibility index (Phi) is 15.4. The molecule has 0 unspecified atom stereocenters. The molecule has 0 amide bonds. The first-order valence-electron chi connectivity index (χ1n) is 20.5. The fraction of sp³-hybridized carbons (Fsp3) is 0.148. The molecule has 10 aromatic rings. The first-order valence-corrected chi connectivity index (χ1v) is 29.5. The molecule has 10 aromatic carbocycles. The van der Waals surface area contributed by atoms with Crippen molar-refractivity contribution in [2.45, 2.75) is 52.6 Å². The Bertz CT molecular complexity index is 2840. The molecule has 0 saturated heterocycles. The van der Waals surface area contributed by atoms with Crippen LogP contribution in [0.1, 0.15) is 37.8 Å². The third-order valence-corrected chi connectivity index (χ3v) is 11.3. The number of benzene rings is 8. The van der Waals surface area contributed by atoms with Gasteiger partial charge in [0.05, 0.1) is 0 Å². The summed E-state index contributed by atoms with van der Waals surface area (Å²) in [4.78, 5) is 0. The van der Waals surface area contributed by atoms with Gasteiger partial charge in [-0.2, -0.15) is 12.1 Å². The van der Waals surface area contributed by atoms with Gasteiger partial charge >= 0.3 is 37.9 Å². The summed E-state index contributed by atoms with van der Waals surface area (Å²) in [5.41, 5.74) is 7.74. The predicted octanol–water partition coefficient (Wildman–Crippen LogP) is 18.4. The standard InChI is InChI=1S/2C26H20Cl.C2H6Si.2ClH.Zr/c2*1-2-7-17-12-19-14-20(27)16-26(24(19)13-17)25-15-18-8-3-4-9-21(18)22-10-5-6-11-23(22)25;1-3-2;;;/h2*3-6,8-16H,2,7H2,1H3;1-2H3;2*1H;/q2*-1;;;;+4/p-2. The summed E-state index contributed by atoms with van der Waals surface area (Å²) in [7, 11) is 11.0. The molecule has 0 aromatic heterocycles. The van der Waals surface area contributed by atoms with E-state index in [0.717, 1.165) is 45.2 Å². The van der Waals surface area contributed by atoms with Crippen LogP contribution in [0.2, 0.25) is 23.1 Å². The first kappa shape index (κ1) is 44.3. The summed E-state index contributed by atoms with van der Waals surface area (Å²) < 4.78 is 0. The first-order chi connectivity index (χ1) is 29.3. The van der Waals surface area contributed by atoms with Crippen LogP contribution in [0.15, 0.2) is 158 Å². The maximum atomic E-state index is 6.53. The molecule has 0 N–H and O–H groups in total. The SMILES string of the molecule is CCCc1cc2c(-c3cc4ccccc4c4ccccc34)cc(Cl)cc2[cH-]1.CCCc1cc2c(-c3cc4ccccc4c4ccccc34)cc(Cl)cc2[cH-]1.C[Si]C.[Cl][Zr+2][Cl]. The van der Waals surface area contributed by atoms with Crippen LogP contribution in [0.3, 0.4) is 0 Å². The van der Waals surface area contributed by atoms with Crippen LogP contribution < -0.4 is 0 Å². The van der Waals surface area contributed by atoms with E-state index in [1.54, 1.807) is 0 Å². The molecular weight excluding hydrogens is 910 g/mol. The van der Waals surface area contributed by atoms with Crippen LogP contribution in [-0.4, -0.2) is 9.52 Å². The van der Waals surface area contributed by atoms with Gasteiger partial charge in [0, 0.05) is 9.52 Å². The van der Waals surface area contributed by atoms with E-state index >= 15 is 0 Å². The molecule has 0 saturated carbocycles. The molecule has 0 bridgehead atoms. The van der Waals surface area contributed by atoms with E-state index in [4.69, 9.17) is 40.2 Å². The quantitative estimate of drug-likeness (QED) is 0.0885. The number of hydrogen-bond acceptors (Lipinski definition) is 0. The zero-order valence-electron chi connectivity index (χ0n) is 34.4. The molecule has 0 fully saturated rings. The third kappa shape index (κ3) is 9.66. The van der Waals surface area contributed by atoms with E-state index in [1.807, 2.05) is 0 Å². The van der Waals surface area contributed by atoms with E-state index in [1.165, 1.54) is 98.0 Å². The summed E-state index contributed by atoms with van der Waals surface area (Å²) in [6.45, 7) is 8.75. The zero-order valence-corrected chi connectivity index (χ0v) is 40.8. The van der Waals surface area contributed by atoms with Crippen LogP contribution in [0.5, 0.6) is 0 Å². The van der Waals surface area contributed by atoms with E-state index in [9.17, 15) is 0 Å². The number of aryl methyl sites for hydroxylation is 2. The number of halogens is 4. The van der Waals surface area contributed by atoms with E-state index in [-0.39, 0.29) is 0 Å². The van der Waals surface area contributed by atoms with E-state index < -0.39 is 20.8 Å². The van der Waals surface area contributed by atoms with Crippen molar-refractivity contribution in [3.05, 3.63) is 179 Å². The van der Waals surface area contributed by atoms with Crippen molar-refractivity contribution in [1.82, 2.24) is 0 Å². The van der Waals surface area contributed by atoms with Crippen molar-refractivity contribution in [2.75, 3.05) is 0 Å². The average Bonchev–Trinajstić information content (AvgIpc) is 3.87. The van der Waals surface area contributed by atoms with E-state index in [0.29, 0.717) is 0 Å². The van der Waals surface area contributed by atoms with E-state index in [2.05, 4.69) is 185 Å². The molecule has 0 aliphatic rings. The van der Waals surface area contributed by atoms with Gasteiger partial charge in [0.1, 0.15) is 0 Å². The summed E-state index contributed by atoms with van der Waals surface area (Å²) in [5.74, 6) is 0. The molecule has 0 aliphatic carbocycles. The fourth-order valence-corrected chi connectivity index (χ4v) is 9.01. The second-order valence-electron chi connectivity index (χ2n) is 15.1. The van der Waals surface area contributed by atoms with Gasteiger partial charge < -0.3 is 0 Å². The molecule has 0 heterocycles. The fourth-order valence-electron chi connectivity index (χ4n) is 8.56. The van der Waals surface area contributed by atoms with Crippen molar-refractivity contribution in [3.8, 4) is 22.3 Å². The minimum atomic E-state index is -0.826. The molecule has 0 aliphatic heterocycles. The van der Waals surface area contributed by atoms with Gasteiger partial charge in [-0.15, -0.1) is 56.9 Å². The van der Waals surface area contributed by atoms with Gasteiger partial charge in [0.25, 0.3) is 0 Å². The Balaban J connectivity index is 0.000000161. The van der Waals surface area contributed by atoms with Gasteiger partial charge in [-0.1, -0.05) is 183 Å². The number of rotatable bonds is 6. The van der Waals surface area contributed by atoms with Crippen LogP contribution in [0.4, 0.5) is 0 Å². The summed E-state index contributed by atoms with van der Waals surface area (Å²) >= 11 is 12.2. The van der Waals surface area contributed by atoms with Crippen LogP contribution in [-0.2, 0) is 33.7 Å². The third-order valence-electron chi connectivity index (χ3n) is 10.9. The Morgan fingerprint density at radius 3 is 1.12 bits per heavy atom. The van der Waals surface area contributed by atoms with Crippen molar-refractivity contribution < 1.29 is 20.8 Å². The molecule has 298 valence electrons. The second-order valence-corrected chi connectivity index (χ2v) is 20.7. The Morgan fingerprint density at radius 2 is 0.750 bits per heavy atom. The molecule has 0 atom stereocenters. The summed E-state index contributed by atoms with van der Waals surface area (Å²) in [6, 6.07) is 56.9. The zero-order chi connectivity index (χ0) is 42.2. The topological polar surface area (TPSA) is 0 Å². The molecule has 60 heavy (non-hydrogen) atoms. The van der Waals surface area contributed by atoms with Crippen LogP contribution >= 0.6 is 40.2 Å². The van der Waals surface area contributed by atoms with Crippen LogP contribution in [0, 0.1) is 0 Å². The number of fused-ring (bicyclic) bond motifs is 8. The van der Waals surface area contributed by atoms with Crippen molar-refractivity contribution in [2.24, 2.45) is 0 Å². The molecule has 0 spiro atoms. The second kappa shape index (κ2) is 20.9. The van der Waals surface area contributed by atoms with Gasteiger partial charge in [-0.3, -0.25) is 0 Å². The van der Waals surface area contributed by atoms with Crippen LogP contribution in [0.25, 0.3) is 86.9 Å². The Hall–Kier alpha value is -3.72. The summed E-state index contributed by atoms with van der Waals surface area (Å²) in [6.07, 6.45) is 4.50. The Labute approximate surface area is 385 Å². The maximum absolute atomic E-state index is 6.53. The van der Waals surface area contributed by atoms with Gasteiger partial charge in [-0.25, -0.2) is 0 Å². The average molecular weight is 956 g/mol. The number of hydrogen-bond donors (Lipinski definition) is 0. The molecule has 2 radical (unpaired) electrons. The normalized spacial score (nSPS) is 10.9. The van der Waals surface area contributed by atoms with Gasteiger partial charge in [0.2, 0.25) is 0 Å². The molecule has 0 nitrogen and oxygen atoms in total. The monoisotopic (exact) mass is 952 g/mol.